The monoisotopic (exact) mass is 473 g/mol. The summed E-state index contributed by atoms with van der Waals surface area (Å²) in [7, 11) is 0. The molecule has 0 heterocycles. The van der Waals surface area contributed by atoms with Gasteiger partial charge in [-0.2, -0.15) is 0 Å². The molecule has 0 aromatic heterocycles. The molecule has 0 aliphatic carbocycles. The van der Waals surface area contributed by atoms with E-state index in [0.29, 0.717) is 27.5 Å². The van der Waals surface area contributed by atoms with Gasteiger partial charge in [0.15, 0.2) is 6.61 Å². The van der Waals surface area contributed by atoms with E-state index in [1.165, 1.54) is 5.56 Å². The van der Waals surface area contributed by atoms with Crippen molar-refractivity contribution in [2.45, 2.75) is 12.8 Å². The number of carbonyl (C=O) groups excluding carboxylic acids is 1. The minimum Gasteiger partial charge on any atom is -0.494 e. The van der Waals surface area contributed by atoms with E-state index >= 15 is 0 Å². The predicted molar refractivity (Wildman–Crippen MR) is 120 cm³/mol. The molecule has 1 N–H and O–H groups in total. The van der Waals surface area contributed by atoms with Gasteiger partial charge >= 0.3 is 0 Å². The van der Waals surface area contributed by atoms with Gasteiger partial charge in [0, 0.05) is 16.8 Å². The van der Waals surface area contributed by atoms with Crippen LogP contribution in [0.5, 0.6) is 11.5 Å². The fourth-order valence-electron chi connectivity index (χ4n) is 2.71. The lowest BCUT2D eigenvalue weighted by molar-refractivity contribution is -0.118. The molecule has 29 heavy (non-hydrogen) atoms. The summed E-state index contributed by atoms with van der Waals surface area (Å²) in [6.07, 6.45) is 1.89. The van der Waals surface area contributed by atoms with E-state index in [1.54, 1.807) is 24.3 Å². The van der Waals surface area contributed by atoms with Gasteiger partial charge < -0.3 is 14.8 Å². The van der Waals surface area contributed by atoms with Gasteiger partial charge in [0.25, 0.3) is 5.91 Å². The molecule has 0 aliphatic heterocycles. The van der Waals surface area contributed by atoms with E-state index in [9.17, 15) is 4.79 Å². The van der Waals surface area contributed by atoms with Crippen molar-refractivity contribution in [2.75, 3.05) is 18.5 Å². The van der Waals surface area contributed by atoms with Gasteiger partial charge in [0.05, 0.1) is 11.1 Å². The first kappa shape index (κ1) is 21.2. The lowest BCUT2D eigenvalue weighted by atomic mass is 10.1. The summed E-state index contributed by atoms with van der Waals surface area (Å²) in [6.45, 7) is 0.502. The zero-order chi connectivity index (χ0) is 20.5. The molecule has 4 nitrogen and oxygen atoms in total. The summed E-state index contributed by atoms with van der Waals surface area (Å²) >= 11 is 9.26. The predicted octanol–water partition coefficient (Wildman–Crippen LogP) is 6.13. The number of ether oxygens (including phenoxy) is 2. The second-order valence-electron chi connectivity index (χ2n) is 6.38. The summed E-state index contributed by atoms with van der Waals surface area (Å²) < 4.78 is 12.0. The third kappa shape index (κ3) is 7.11. The molecule has 6 heteroatoms. The van der Waals surface area contributed by atoms with Gasteiger partial charge in [-0.25, -0.2) is 0 Å². The van der Waals surface area contributed by atoms with Gasteiger partial charge in [-0.1, -0.05) is 48.0 Å². The third-order valence-electron chi connectivity index (χ3n) is 4.09. The highest BCUT2D eigenvalue weighted by Gasteiger charge is 2.07. The zero-order valence-electron chi connectivity index (χ0n) is 15.7. The number of aryl methyl sites for hydroxylation is 1. The molecule has 3 aromatic carbocycles. The molecule has 150 valence electrons. The average molecular weight is 475 g/mol. The molecule has 0 spiro atoms. The maximum Gasteiger partial charge on any atom is 0.262 e. The van der Waals surface area contributed by atoms with Crippen LogP contribution in [0.1, 0.15) is 12.0 Å². The molecular weight excluding hydrogens is 454 g/mol. The molecule has 0 saturated carbocycles. The Morgan fingerprint density at radius 3 is 2.59 bits per heavy atom. The van der Waals surface area contributed by atoms with Crippen molar-refractivity contribution in [1.82, 2.24) is 0 Å². The lowest BCUT2D eigenvalue weighted by Crippen LogP contribution is -2.20. The highest BCUT2D eigenvalue weighted by Crippen LogP contribution is 2.28. The molecular formula is C23H21BrClNO3. The fraction of sp³-hybridized carbons (Fsp3) is 0.174. The van der Waals surface area contributed by atoms with Crippen LogP contribution in [0.2, 0.25) is 5.02 Å². The van der Waals surface area contributed by atoms with E-state index < -0.39 is 0 Å². The number of hydrogen-bond acceptors (Lipinski definition) is 3. The third-order valence-corrected chi connectivity index (χ3v) is 4.95. The SMILES string of the molecule is O=C(COc1ccc(Cl)cc1Br)Nc1cccc(OCCCc2ccccc2)c1. The van der Waals surface area contributed by atoms with Crippen molar-refractivity contribution >= 4 is 39.1 Å². The number of halogens is 2. The quantitative estimate of drug-likeness (QED) is 0.379. The highest BCUT2D eigenvalue weighted by atomic mass is 79.9. The Labute approximate surface area is 183 Å². The number of benzene rings is 3. The van der Waals surface area contributed by atoms with Crippen molar-refractivity contribution in [3.63, 3.8) is 0 Å². The van der Waals surface area contributed by atoms with Crippen molar-refractivity contribution in [3.05, 3.63) is 87.9 Å². The number of carbonyl (C=O) groups is 1. The molecule has 0 saturated heterocycles. The summed E-state index contributed by atoms with van der Waals surface area (Å²) in [5.41, 5.74) is 1.96. The number of nitrogens with one attached hydrogen (secondary N) is 1. The van der Waals surface area contributed by atoms with E-state index in [2.05, 4.69) is 33.4 Å². The van der Waals surface area contributed by atoms with Gasteiger partial charge in [-0.15, -0.1) is 0 Å². The normalized spacial score (nSPS) is 10.4. The second-order valence-corrected chi connectivity index (χ2v) is 7.67. The van der Waals surface area contributed by atoms with E-state index in [0.717, 1.165) is 18.6 Å². The first-order valence-corrected chi connectivity index (χ1v) is 10.4. The molecule has 0 fully saturated rings. The van der Waals surface area contributed by atoms with Gasteiger partial charge in [0.1, 0.15) is 11.5 Å². The maximum atomic E-state index is 12.2. The van der Waals surface area contributed by atoms with Crippen LogP contribution in [-0.2, 0) is 11.2 Å². The Bertz CT molecular complexity index is 950. The van der Waals surface area contributed by atoms with E-state index in [-0.39, 0.29) is 12.5 Å². The molecule has 0 bridgehead atoms. The van der Waals surface area contributed by atoms with Gasteiger partial charge in [-0.05, 0) is 64.7 Å². The summed E-state index contributed by atoms with van der Waals surface area (Å²) in [5.74, 6) is 1.02. The largest absolute Gasteiger partial charge is 0.494 e. The summed E-state index contributed by atoms with van der Waals surface area (Å²) in [5, 5.41) is 3.41. The van der Waals surface area contributed by atoms with Gasteiger partial charge in [-0.3, -0.25) is 4.79 Å². The van der Waals surface area contributed by atoms with Crippen molar-refractivity contribution < 1.29 is 14.3 Å². The van der Waals surface area contributed by atoms with Crippen LogP contribution in [0.4, 0.5) is 5.69 Å². The minimum absolute atomic E-state index is 0.109. The Kier molecular flexibility index (Phi) is 7.96. The molecule has 0 unspecified atom stereocenters. The second kappa shape index (κ2) is 10.9. The molecule has 1 amide bonds. The highest BCUT2D eigenvalue weighted by molar-refractivity contribution is 9.10. The molecule has 0 aliphatic rings. The van der Waals surface area contributed by atoms with E-state index in [1.807, 2.05) is 36.4 Å². The lowest BCUT2D eigenvalue weighted by Gasteiger charge is -2.11. The van der Waals surface area contributed by atoms with Crippen LogP contribution in [0.25, 0.3) is 0 Å². The first-order valence-electron chi connectivity index (χ1n) is 9.24. The summed E-state index contributed by atoms with van der Waals surface area (Å²) in [6, 6.07) is 22.8. The standard InChI is InChI=1S/C23H21BrClNO3/c24-21-14-18(25)11-12-22(21)29-16-23(27)26-19-9-4-10-20(15-19)28-13-5-8-17-6-2-1-3-7-17/h1-4,6-7,9-12,14-15H,5,8,13,16H2,(H,26,27). The Morgan fingerprint density at radius 2 is 1.79 bits per heavy atom. The zero-order valence-corrected chi connectivity index (χ0v) is 18.1. The van der Waals surface area contributed by atoms with Crippen LogP contribution >= 0.6 is 27.5 Å². The number of rotatable bonds is 9. The molecule has 3 aromatic rings. The Balaban J connectivity index is 1.44. The number of anilines is 1. The van der Waals surface area contributed by atoms with Crippen molar-refractivity contribution in [3.8, 4) is 11.5 Å². The van der Waals surface area contributed by atoms with Crippen LogP contribution in [0.3, 0.4) is 0 Å². The number of amides is 1. The smallest absolute Gasteiger partial charge is 0.262 e. The molecule has 3 rings (SSSR count). The van der Waals surface area contributed by atoms with Crippen LogP contribution in [-0.4, -0.2) is 19.1 Å². The fourth-order valence-corrected chi connectivity index (χ4v) is 3.50. The van der Waals surface area contributed by atoms with Crippen molar-refractivity contribution in [1.29, 1.82) is 0 Å². The number of hydrogen-bond donors (Lipinski definition) is 1. The minimum atomic E-state index is -0.256. The van der Waals surface area contributed by atoms with E-state index in [4.69, 9.17) is 21.1 Å². The van der Waals surface area contributed by atoms with Crippen LogP contribution in [0, 0.1) is 0 Å². The summed E-state index contributed by atoms with van der Waals surface area (Å²) in [4.78, 5) is 12.2. The molecule has 0 radical (unpaired) electrons. The topological polar surface area (TPSA) is 47.6 Å². The average Bonchev–Trinajstić information content (AvgIpc) is 2.72. The Morgan fingerprint density at radius 1 is 0.966 bits per heavy atom. The molecule has 0 atom stereocenters. The van der Waals surface area contributed by atoms with Crippen LogP contribution in [0.15, 0.2) is 77.3 Å². The van der Waals surface area contributed by atoms with Crippen molar-refractivity contribution in [2.24, 2.45) is 0 Å². The van der Waals surface area contributed by atoms with Gasteiger partial charge in [0.2, 0.25) is 0 Å². The Hall–Kier alpha value is -2.50. The first-order chi connectivity index (χ1) is 14.1. The van der Waals surface area contributed by atoms with Crippen LogP contribution < -0.4 is 14.8 Å². The maximum absolute atomic E-state index is 12.2.